The molecule has 1 heteroatoms. The van der Waals surface area contributed by atoms with Crippen LogP contribution in [-0.2, 0) is 0 Å². The van der Waals surface area contributed by atoms with Gasteiger partial charge in [-0.25, -0.2) is 0 Å². The fourth-order valence-electron chi connectivity index (χ4n) is 2.45. The van der Waals surface area contributed by atoms with Crippen molar-refractivity contribution in [1.29, 1.82) is 0 Å². The van der Waals surface area contributed by atoms with E-state index in [1.165, 1.54) is 8.79 Å². The van der Waals surface area contributed by atoms with E-state index < -0.39 is 13.3 Å². The van der Waals surface area contributed by atoms with Crippen molar-refractivity contribution in [3.05, 3.63) is 82.6 Å². The minimum absolute atomic E-state index is 1.50. The first-order valence-electron chi connectivity index (χ1n) is 5.90. The Bertz CT molecular complexity index is 499. The van der Waals surface area contributed by atoms with E-state index in [4.69, 9.17) is 0 Å². The summed E-state index contributed by atoms with van der Waals surface area (Å²) in [7, 11) is 0. The Balaban J connectivity index is 2.19. The zero-order chi connectivity index (χ0) is 11.6. The van der Waals surface area contributed by atoms with Crippen LogP contribution in [0.25, 0.3) is 0 Å². The third-order valence-corrected chi connectivity index (χ3v) is 11.8. The van der Waals surface area contributed by atoms with Crippen LogP contribution >= 0.6 is 0 Å². The van der Waals surface area contributed by atoms with Crippen molar-refractivity contribution in [2.45, 2.75) is 0 Å². The second kappa shape index (κ2) is 4.38. The topological polar surface area (TPSA) is 0 Å². The Morgan fingerprint density at radius 1 is 0.529 bits per heavy atom. The van der Waals surface area contributed by atoms with E-state index in [0.29, 0.717) is 0 Å². The molecule has 1 heterocycles. The summed E-state index contributed by atoms with van der Waals surface area (Å²) in [6.07, 6.45) is 4.42. The van der Waals surface area contributed by atoms with E-state index in [1.54, 1.807) is 0 Å². The van der Waals surface area contributed by atoms with Gasteiger partial charge in [0.15, 0.2) is 0 Å². The summed E-state index contributed by atoms with van der Waals surface area (Å²) < 4.78 is 3.01. The van der Waals surface area contributed by atoms with Crippen LogP contribution in [0.4, 0.5) is 0 Å². The van der Waals surface area contributed by atoms with Crippen LogP contribution < -0.4 is 8.79 Å². The number of hydrogen-bond acceptors (Lipinski definition) is 0. The zero-order valence-corrected chi connectivity index (χ0v) is 11.7. The second-order valence-corrected chi connectivity index (χ2v) is 11.8. The van der Waals surface area contributed by atoms with Gasteiger partial charge < -0.3 is 0 Å². The average molecular weight is 279 g/mol. The molecule has 0 nitrogen and oxygen atoms in total. The molecule has 1 aliphatic heterocycles. The molecule has 0 radical (unpaired) electrons. The molecule has 17 heavy (non-hydrogen) atoms. The third kappa shape index (κ3) is 1.79. The molecule has 1 aliphatic rings. The van der Waals surface area contributed by atoms with Gasteiger partial charge in [-0.15, -0.1) is 0 Å². The first kappa shape index (κ1) is 10.6. The van der Waals surface area contributed by atoms with Gasteiger partial charge in [0.05, 0.1) is 0 Å². The fourth-order valence-corrected chi connectivity index (χ4v) is 9.86. The van der Waals surface area contributed by atoms with E-state index in [-0.39, 0.29) is 0 Å². The predicted molar refractivity (Wildman–Crippen MR) is 76.2 cm³/mol. The van der Waals surface area contributed by atoms with E-state index in [9.17, 15) is 0 Å². The van der Waals surface area contributed by atoms with Gasteiger partial charge in [-0.05, 0) is 0 Å². The van der Waals surface area contributed by atoms with Crippen molar-refractivity contribution in [3.8, 4) is 0 Å². The summed E-state index contributed by atoms with van der Waals surface area (Å²) in [5.74, 6) is 0. The van der Waals surface area contributed by atoms with Gasteiger partial charge >= 0.3 is 105 Å². The SMILES string of the molecule is C1=[CH][Ge]([c]2ccccc2)([c]2ccccc2)[CH]=C1. The fraction of sp³-hybridized carbons (Fsp3) is 0. The van der Waals surface area contributed by atoms with Crippen LogP contribution in [0.5, 0.6) is 0 Å². The van der Waals surface area contributed by atoms with Gasteiger partial charge in [0.2, 0.25) is 0 Å². The molecule has 3 rings (SSSR count). The summed E-state index contributed by atoms with van der Waals surface area (Å²) in [6, 6.07) is 21.8. The van der Waals surface area contributed by atoms with Crippen LogP contribution in [0.15, 0.2) is 82.6 Å². The van der Waals surface area contributed by atoms with Crippen molar-refractivity contribution >= 4 is 22.1 Å². The van der Waals surface area contributed by atoms with Crippen molar-refractivity contribution < 1.29 is 0 Å². The Morgan fingerprint density at radius 2 is 0.941 bits per heavy atom. The molecule has 0 fully saturated rings. The summed E-state index contributed by atoms with van der Waals surface area (Å²) in [5.41, 5.74) is 0. The monoisotopic (exact) mass is 280 g/mol. The molecule has 0 N–H and O–H groups in total. The van der Waals surface area contributed by atoms with Crippen LogP contribution in [-0.4, -0.2) is 13.3 Å². The van der Waals surface area contributed by atoms with Gasteiger partial charge in [-0.2, -0.15) is 0 Å². The minimum atomic E-state index is -2.33. The van der Waals surface area contributed by atoms with Crippen molar-refractivity contribution in [1.82, 2.24) is 0 Å². The van der Waals surface area contributed by atoms with Crippen LogP contribution in [0.2, 0.25) is 0 Å². The third-order valence-electron chi connectivity index (χ3n) is 3.33. The molecule has 0 amide bonds. The number of allylic oxidation sites excluding steroid dienone is 2. The van der Waals surface area contributed by atoms with E-state index in [2.05, 4.69) is 82.6 Å². The van der Waals surface area contributed by atoms with E-state index in [0.717, 1.165) is 0 Å². The quantitative estimate of drug-likeness (QED) is 0.741. The molecular formula is C16H14Ge. The maximum absolute atomic E-state index is 2.45. The Hall–Kier alpha value is -1.54. The number of benzene rings is 2. The zero-order valence-electron chi connectivity index (χ0n) is 9.58. The van der Waals surface area contributed by atoms with Gasteiger partial charge in [-0.1, -0.05) is 0 Å². The molecular weight excluding hydrogens is 265 g/mol. The molecule has 0 spiro atoms. The Kier molecular flexibility index (Phi) is 2.73. The molecule has 0 atom stereocenters. The molecule has 0 saturated heterocycles. The van der Waals surface area contributed by atoms with Crippen LogP contribution in [0.1, 0.15) is 0 Å². The average Bonchev–Trinajstić information content (AvgIpc) is 2.91. The van der Waals surface area contributed by atoms with Crippen molar-refractivity contribution in [2.24, 2.45) is 0 Å². The summed E-state index contributed by atoms with van der Waals surface area (Å²) in [6.45, 7) is 0. The van der Waals surface area contributed by atoms with E-state index >= 15 is 0 Å². The Labute approximate surface area is 105 Å². The number of rotatable bonds is 2. The van der Waals surface area contributed by atoms with Gasteiger partial charge in [-0.3, -0.25) is 0 Å². The van der Waals surface area contributed by atoms with Crippen LogP contribution in [0, 0.1) is 0 Å². The normalized spacial score (nSPS) is 16.2. The van der Waals surface area contributed by atoms with Gasteiger partial charge in [0, 0.05) is 0 Å². The second-order valence-electron chi connectivity index (χ2n) is 4.32. The predicted octanol–water partition coefficient (Wildman–Crippen LogP) is 2.45. The summed E-state index contributed by atoms with van der Waals surface area (Å²) >= 11 is -2.33. The van der Waals surface area contributed by atoms with Crippen molar-refractivity contribution in [2.75, 3.05) is 0 Å². The summed E-state index contributed by atoms with van der Waals surface area (Å²) in [4.78, 5) is 4.90. The van der Waals surface area contributed by atoms with E-state index in [1.807, 2.05) is 0 Å². The number of hydrogen-bond donors (Lipinski definition) is 0. The molecule has 2 aromatic carbocycles. The maximum atomic E-state index is 2.45. The Morgan fingerprint density at radius 3 is 1.35 bits per heavy atom. The summed E-state index contributed by atoms with van der Waals surface area (Å²) in [5, 5.41) is 0. The molecule has 0 aromatic heterocycles. The van der Waals surface area contributed by atoms with Crippen molar-refractivity contribution in [3.63, 3.8) is 0 Å². The van der Waals surface area contributed by atoms with Gasteiger partial charge in [0.25, 0.3) is 0 Å². The molecule has 82 valence electrons. The van der Waals surface area contributed by atoms with Gasteiger partial charge in [0.1, 0.15) is 0 Å². The molecule has 0 aliphatic carbocycles. The standard InChI is InChI=1S/C16H14Ge/c1-3-9-15(10-4-1)17(13-7-8-14-17)16-11-5-2-6-12-16/h1-14H. The molecule has 2 aromatic rings. The first-order valence-corrected chi connectivity index (χ1v) is 10.4. The molecule has 0 saturated carbocycles. The first-order chi connectivity index (χ1) is 8.42. The van der Waals surface area contributed by atoms with Crippen LogP contribution in [0.3, 0.4) is 0 Å². The molecule has 0 unspecified atom stereocenters. The molecule has 0 bridgehead atoms.